The van der Waals surface area contributed by atoms with E-state index in [1.54, 1.807) is 19.5 Å². The lowest BCUT2D eigenvalue weighted by molar-refractivity contribution is 0.107. The highest BCUT2D eigenvalue weighted by atomic mass is 32.1. The monoisotopic (exact) mass is 423 g/mol. The van der Waals surface area contributed by atoms with Crippen molar-refractivity contribution in [2.45, 2.75) is 50.4 Å². The van der Waals surface area contributed by atoms with Crippen molar-refractivity contribution in [3.8, 4) is 10.8 Å². The van der Waals surface area contributed by atoms with Crippen molar-refractivity contribution in [2.75, 3.05) is 7.11 Å². The van der Waals surface area contributed by atoms with E-state index in [1.165, 1.54) is 29.7 Å². The summed E-state index contributed by atoms with van der Waals surface area (Å²) in [5, 5.41) is 4.48. The van der Waals surface area contributed by atoms with Gasteiger partial charge in [-0.25, -0.2) is 4.79 Å². The van der Waals surface area contributed by atoms with Crippen LogP contribution in [0.5, 0.6) is 10.8 Å². The number of carbonyl (C=O) groups excluding carboxylic acids is 1. The summed E-state index contributed by atoms with van der Waals surface area (Å²) in [5.74, 6) is 0.588. The maximum Gasteiger partial charge on any atom is 0.413 e. The molecule has 2 unspecified atom stereocenters. The minimum absolute atomic E-state index is 0.143. The Morgan fingerprint density at radius 3 is 2.70 bits per heavy atom. The zero-order valence-electron chi connectivity index (χ0n) is 16.9. The van der Waals surface area contributed by atoms with Crippen molar-refractivity contribution in [2.24, 2.45) is 0 Å². The van der Waals surface area contributed by atoms with Crippen LogP contribution in [0.4, 0.5) is 4.79 Å². The fourth-order valence-corrected chi connectivity index (χ4v) is 5.88. The first-order chi connectivity index (χ1) is 14.7. The minimum atomic E-state index is -0.409. The average Bonchev–Trinajstić information content (AvgIpc) is 3.21. The molecular formula is C23H25N3O3S. The highest BCUT2D eigenvalue weighted by molar-refractivity contribution is 7.21. The fourth-order valence-electron chi connectivity index (χ4n) is 4.89. The van der Waals surface area contributed by atoms with Gasteiger partial charge in [-0.15, -0.1) is 0 Å². The number of methoxy groups -OCH3 is 1. The molecule has 4 heterocycles. The Balaban J connectivity index is 1.22. The van der Waals surface area contributed by atoms with Gasteiger partial charge in [0.15, 0.2) is 5.75 Å². The van der Waals surface area contributed by atoms with E-state index in [1.807, 2.05) is 6.07 Å². The minimum Gasteiger partial charge on any atom is -0.491 e. The van der Waals surface area contributed by atoms with E-state index >= 15 is 0 Å². The molecule has 2 aliphatic heterocycles. The van der Waals surface area contributed by atoms with Crippen molar-refractivity contribution in [3.05, 3.63) is 54.4 Å². The van der Waals surface area contributed by atoms with Gasteiger partial charge in [0.1, 0.15) is 0 Å². The van der Waals surface area contributed by atoms with Gasteiger partial charge in [-0.3, -0.25) is 9.88 Å². The topological polar surface area (TPSA) is 63.7 Å². The van der Waals surface area contributed by atoms with Crippen molar-refractivity contribution in [3.63, 3.8) is 0 Å². The number of rotatable bonds is 5. The molecule has 2 bridgehead atoms. The van der Waals surface area contributed by atoms with Crippen LogP contribution in [0.3, 0.4) is 0 Å². The van der Waals surface area contributed by atoms with Gasteiger partial charge in [-0.05, 0) is 37.3 Å². The van der Waals surface area contributed by atoms with Crippen LogP contribution < -0.4 is 14.8 Å². The molecule has 2 fully saturated rings. The first kappa shape index (κ1) is 19.3. The van der Waals surface area contributed by atoms with E-state index in [0.29, 0.717) is 22.9 Å². The zero-order valence-corrected chi connectivity index (χ0v) is 17.7. The second-order valence-electron chi connectivity index (χ2n) is 8.04. The lowest BCUT2D eigenvalue weighted by atomic mass is 9.96. The summed E-state index contributed by atoms with van der Waals surface area (Å²) in [7, 11) is 1.59. The predicted molar refractivity (Wildman–Crippen MR) is 117 cm³/mol. The van der Waals surface area contributed by atoms with Crippen LogP contribution in [-0.4, -0.2) is 41.2 Å². The van der Waals surface area contributed by atoms with Crippen LogP contribution in [0.25, 0.3) is 10.1 Å². The van der Waals surface area contributed by atoms with E-state index in [9.17, 15) is 4.79 Å². The molecule has 1 aromatic carbocycles. The Hall–Kier alpha value is -2.64. The molecule has 3 aromatic rings. The maximum absolute atomic E-state index is 12.6. The van der Waals surface area contributed by atoms with Gasteiger partial charge in [0.2, 0.25) is 5.06 Å². The lowest BCUT2D eigenvalue weighted by Crippen LogP contribution is -2.50. The first-order valence-electron chi connectivity index (χ1n) is 10.4. The van der Waals surface area contributed by atoms with Gasteiger partial charge in [0.05, 0.1) is 11.8 Å². The maximum atomic E-state index is 12.6. The third kappa shape index (κ3) is 3.75. The second-order valence-corrected chi connectivity index (χ2v) is 9.05. The second kappa shape index (κ2) is 8.24. The van der Waals surface area contributed by atoms with Crippen LogP contribution >= 0.6 is 11.3 Å². The molecule has 2 atom stereocenters. The highest BCUT2D eigenvalue weighted by Crippen LogP contribution is 2.43. The summed E-state index contributed by atoms with van der Waals surface area (Å²) >= 11 is 1.38. The Morgan fingerprint density at radius 1 is 1.20 bits per heavy atom. The molecule has 0 saturated carbocycles. The molecule has 2 saturated heterocycles. The number of nitrogens with zero attached hydrogens (tertiary/aromatic N) is 2. The first-order valence-corrected chi connectivity index (χ1v) is 11.2. The quantitative estimate of drug-likeness (QED) is 0.650. The van der Waals surface area contributed by atoms with E-state index in [0.717, 1.165) is 29.5 Å². The number of piperidine rings is 1. The molecule has 2 aromatic heterocycles. The Kier molecular flexibility index (Phi) is 5.31. The van der Waals surface area contributed by atoms with Gasteiger partial charge in [-0.2, -0.15) is 0 Å². The molecule has 156 valence electrons. The molecular weight excluding hydrogens is 398 g/mol. The number of nitrogens with one attached hydrogen (secondary N) is 1. The number of hydrogen-bond donors (Lipinski definition) is 1. The molecule has 6 nitrogen and oxygen atoms in total. The molecule has 30 heavy (non-hydrogen) atoms. The van der Waals surface area contributed by atoms with Gasteiger partial charge in [-0.1, -0.05) is 41.7 Å². The number of hydrogen-bond acceptors (Lipinski definition) is 6. The summed E-state index contributed by atoms with van der Waals surface area (Å²) in [4.78, 5) is 19.4. The zero-order chi connectivity index (χ0) is 20.5. The standard InChI is InChI=1S/C23H25N3O3S/c1-28-21-19-9-10-24-13-20(19)30-22(21)29-23(27)25-16-11-17-7-8-18(12-16)26(17)14-15-5-3-2-4-6-15/h2-6,9-10,13,16-18H,7-8,11-12,14H2,1H3,(H,25,27). The molecule has 1 N–H and O–H groups in total. The average molecular weight is 424 g/mol. The number of pyridine rings is 1. The Labute approximate surface area is 179 Å². The fraction of sp³-hybridized carbons (Fsp3) is 0.391. The molecule has 2 aliphatic rings. The summed E-state index contributed by atoms with van der Waals surface area (Å²) < 4.78 is 12.0. The lowest BCUT2D eigenvalue weighted by Gasteiger charge is -2.39. The van der Waals surface area contributed by atoms with Crippen molar-refractivity contribution in [1.29, 1.82) is 0 Å². The van der Waals surface area contributed by atoms with Crippen LogP contribution in [0.2, 0.25) is 0 Å². The van der Waals surface area contributed by atoms with Crippen LogP contribution in [0, 0.1) is 0 Å². The number of thiophene rings is 1. The predicted octanol–water partition coefficient (Wildman–Crippen LogP) is 4.59. The molecule has 0 spiro atoms. The number of carbonyl (C=O) groups is 1. The molecule has 0 radical (unpaired) electrons. The summed E-state index contributed by atoms with van der Waals surface area (Å²) in [6.07, 6.45) is 7.38. The SMILES string of the molecule is COc1c(OC(=O)NC2CC3CCC(C2)N3Cc2ccccc2)sc2cnccc12. The summed E-state index contributed by atoms with van der Waals surface area (Å²) in [5.41, 5.74) is 1.35. The van der Waals surface area contributed by atoms with Crippen LogP contribution in [0.15, 0.2) is 48.8 Å². The van der Waals surface area contributed by atoms with E-state index in [4.69, 9.17) is 9.47 Å². The number of benzene rings is 1. The van der Waals surface area contributed by atoms with Crippen LogP contribution in [0.1, 0.15) is 31.2 Å². The Bertz CT molecular complexity index is 1020. The van der Waals surface area contributed by atoms with Gasteiger partial charge in [0, 0.05) is 42.5 Å². The number of aromatic nitrogens is 1. The number of fused-ring (bicyclic) bond motifs is 3. The smallest absolute Gasteiger partial charge is 0.413 e. The molecule has 5 rings (SSSR count). The normalized spacial score (nSPS) is 23.4. The molecule has 0 aliphatic carbocycles. The largest absolute Gasteiger partial charge is 0.491 e. The van der Waals surface area contributed by atoms with Crippen LogP contribution in [-0.2, 0) is 6.54 Å². The third-order valence-electron chi connectivity index (χ3n) is 6.22. The van der Waals surface area contributed by atoms with Crippen molar-refractivity contribution in [1.82, 2.24) is 15.2 Å². The van der Waals surface area contributed by atoms with E-state index in [-0.39, 0.29) is 6.04 Å². The highest BCUT2D eigenvalue weighted by Gasteiger charge is 2.41. The number of ether oxygens (including phenoxy) is 2. The third-order valence-corrected chi connectivity index (χ3v) is 7.22. The van der Waals surface area contributed by atoms with Gasteiger partial charge >= 0.3 is 6.09 Å². The van der Waals surface area contributed by atoms with E-state index in [2.05, 4.69) is 45.5 Å². The van der Waals surface area contributed by atoms with E-state index < -0.39 is 6.09 Å². The van der Waals surface area contributed by atoms with Gasteiger partial charge in [0.25, 0.3) is 0 Å². The number of amides is 1. The van der Waals surface area contributed by atoms with Crippen molar-refractivity contribution >= 4 is 27.5 Å². The van der Waals surface area contributed by atoms with Crippen molar-refractivity contribution < 1.29 is 14.3 Å². The van der Waals surface area contributed by atoms with Gasteiger partial charge < -0.3 is 14.8 Å². The summed E-state index contributed by atoms with van der Waals surface area (Å²) in [6, 6.07) is 13.7. The summed E-state index contributed by atoms with van der Waals surface area (Å²) in [6.45, 7) is 0.986. The molecule has 1 amide bonds. The molecule has 7 heteroatoms. The Morgan fingerprint density at radius 2 is 1.97 bits per heavy atom.